The summed E-state index contributed by atoms with van der Waals surface area (Å²) in [6.07, 6.45) is 1.78. The quantitative estimate of drug-likeness (QED) is 0.445. The molecule has 1 heterocycles. The molecule has 0 aliphatic carbocycles. The lowest BCUT2D eigenvalue weighted by Gasteiger charge is -2.23. The highest BCUT2D eigenvalue weighted by Gasteiger charge is 2.12. The molecule has 0 bridgehead atoms. The standard InChI is InChI=1S/C24H24F2N4/c1-27-9-10-30(15-17-3-2-4-22(25)11-17)16-21-13-18(5-7-23(21)26)19-6-8-24-20(12-19)14-28-29-24/h2-8,11-14,27H,9-10,15-16H2,1H3,(H,28,29). The highest BCUT2D eigenvalue weighted by atomic mass is 19.1. The molecular formula is C24H24F2N4. The minimum absolute atomic E-state index is 0.239. The van der Waals surface area contributed by atoms with Crippen LogP contribution in [0.2, 0.25) is 0 Å². The number of fused-ring (bicyclic) bond motifs is 1. The van der Waals surface area contributed by atoms with E-state index >= 15 is 0 Å². The molecule has 4 nitrogen and oxygen atoms in total. The molecule has 3 aromatic carbocycles. The molecule has 30 heavy (non-hydrogen) atoms. The van der Waals surface area contributed by atoms with Gasteiger partial charge in [0.15, 0.2) is 0 Å². The van der Waals surface area contributed by atoms with Gasteiger partial charge >= 0.3 is 0 Å². The summed E-state index contributed by atoms with van der Waals surface area (Å²) in [6, 6.07) is 17.8. The summed E-state index contributed by atoms with van der Waals surface area (Å²) in [5.74, 6) is -0.499. The lowest BCUT2D eigenvalue weighted by Crippen LogP contribution is -2.30. The van der Waals surface area contributed by atoms with E-state index in [1.807, 2.05) is 37.4 Å². The molecule has 0 amide bonds. The molecule has 0 fully saturated rings. The fraction of sp³-hybridized carbons (Fsp3) is 0.208. The Bertz CT molecular complexity index is 1140. The van der Waals surface area contributed by atoms with Gasteiger partial charge in [-0.25, -0.2) is 8.78 Å². The summed E-state index contributed by atoms with van der Waals surface area (Å²) >= 11 is 0. The second-order valence-electron chi connectivity index (χ2n) is 7.42. The van der Waals surface area contributed by atoms with Gasteiger partial charge in [0.1, 0.15) is 11.6 Å². The van der Waals surface area contributed by atoms with Crippen LogP contribution in [0.5, 0.6) is 0 Å². The Morgan fingerprint density at radius 2 is 1.80 bits per heavy atom. The zero-order valence-corrected chi connectivity index (χ0v) is 16.8. The van der Waals surface area contributed by atoms with Crippen molar-refractivity contribution in [3.05, 3.63) is 89.6 Å². The monoisotopic (exact) mass is 406 g/mol. The van der Waals surface area contributed by atoms with Crippen LogP contribution >= 0.6 is 0 Å². The first-order valence-corrected chi connectivity index (χ1v) is 9.96. The largest absolute Gasteiger partial charge is 0.318 e. The molecular weight excluding hydrogens is 382 g/mol. The van der Waals surface area contributed by atoms with E-state index in [2.05, 4.69) is 20.4 Å². The van der Waals surface area contributed by atoms with E-state index in [0.29, 0.717) is 18.7 Å². The second kappa shape index (κ2) is 9.15. The van der Waals surface area contributed by atoms with Crippen LogP contribution in [-0.2, 0) is 13.1 Å². The summed E-state index contributed by atoms with van der Waals surface area (Å²) in [5, 5.41) is 11.1. The number of aromatic amines is 1. The number of H-pyrrole nitrogens is 1. The lowest BCUT2D eigenvalue weighted by atomic mass is 10.0. The zero-order chi connectivity index (χ0) is 20.9. The van der Waals surface area contributed by atoms with E-state index in [-0.39, 0.29) is 11.6 Å². The van der Waals surface area contributed by atoms with Crippen LogP contribution in [0.1, 0.15) is 11.1 Å². The SMILES string of the molecule is CNCCN(Cc1cccc(F)c1)Cc1cc(-c2ccc3[nH]ncc3c2)ccc1F. The average molecular weight is 406 g/mol. The Hall–Kier alpha value is -3.09. The predicted molar refractivity (Wildman–Crippen MR) is 116 cm³/mol. The molecule has 4 rings (SSSR count). The molecule has 0 aliphatic rings. The lowest BCUT2D eigenvalue weighted by molar-refractivity contribution is 0.255. The summed E-state index contributed by atoms with van der Waals surface area (Å²) < 4.78 is 28.2. The maximum absolute atomic E-state index is 14.7. The Balaban J connectivity index is 1.59. The van der Waals surface area contributed by atoms with Crippen molar-refractivity contribution in [3.63, 3.8) is 0 Å². The van der Waals surface area contributed by atoms with Crippen molar-refractivity contribution >= 4 is 10.9 Å². The fourth-order valence-corrected chi connectivity index (χ4v) is 3.62. The molecule has 0 atom stereocenters. The second-order valence-corrected chi connectivity index (χ2v) is 7.42. The minimum Gasteiger partial charge on any atom is -0.318 e. The van der Waals surface area contributed by atoms with Gasteiger partial charge in [0, 0.05) is 37.1 Å². The number of likely N-dealkylation sites (N-methyl/N-ethyl adjacent to an activating group) is 1. The van der Waals surface area contributed by atoms with Crippen molar-refractivity contribution in [1.29, 1.82) is 0 Å². The molecule has 0 spiro atoms. The van der Waals surface area contributed by atoms with Gasteiger partial charge in [-0.1, -0.05) is 24.3 Å². The first-order valence-electron chi connectivity index (χ1n) is 9.96. The maximum Gasteiger partial charge on any atom is 0.127 e. The molecule has 6 heteroatoms. The number of aromatic nitrogens is 2. The van der Waals surface area contributed by atoms with Crippen molar-refractivity contribution in [2.75, 3.05) is 20.1 Å². The smallest absolute Gasteiger partial charge is 0.127 e. The van der Waals surface area contributed by atoms with Crippen molar-refractivity contribution < 1.29 is 8.78 Å². The molecule has 154 valence electrons. The molecule has 1 aromatic heterocycles. The van der Waals surface area contributed by atoms with Crippen LogP contribution in [0.25, 0.3) is 22.0 Å². The predicted octanol–water partition coefficient (Wildman–Crippen LogP) is 4.73. The molecule has 0 radical (unpaired) electrons. The number of nitrogens with zero attached hydrogens (tertiary/aromatic N) is 2. The van der Waals surface area contributed by atoms with E-state index < -0.39 is 0 Å². The van der Waals surface area contributed by atoms with E-state index in [1.54, 1.807) is 18.3 Å². The first kappa shape index (κ1) is 20.2. The Labute approximate surface area is 174 Å². The summed E-state index contributed by atoms with van der Waals surface area (Å²) in [5.41, 5.74) is 4.42. The number of benzene rings is 3. The van der Waals surface area contributed by atoms with Gasteiger partial charge in [-0.3, -0.25) is 10.00 Å². The molecule has 2 N–H and O–H groups in total. The van der Waals surface area contributed by atoms with Gasteiger partial charge < -0.3 is 5.32 Å². The van der Waals surface area contributed by atoms with Crippen LogP contribution in [0, 0.1) is 11.6 Å². The van der Waals surface area contributed by atoms with Gasteiger partial charge in [-0.2, -0.15) is 5.10 Å². The Kier molecular flexibility index (Phi) is 6.16. The van der Waals surface area contributed by atoms with Crippen LogP contribution in [0.15, 0.2) is 66.9 Å². The van der Waals surface area contributed by atoms with Crippen molar-refractivity contribution in [2.24, 2.45) is 0 Å². The molecule has 0 saturated heterocycles. The van der Waals surface area contributed by atoms with Crippen LogP contribution in [0.4, 0.5) is 8.78 Å². The van der Waals surface area contributed by atoms with Crippen molar-refractivity contribution in [2.45, 2.75) is 13.1 Å². The number of rotatable bonds is 8. The summed E-state index contributed by atoms with van der Waals surface area (Å²) in [6.45, 7) is 2.46. The van der Waals surface area contributed by atoms with Crippen LogP contribution in [-0.4, -0.2) is 35.2 Å². The number of hydrogen-bond acceptors (Lipinski definition) is 3. The van der Waals surface area contributed by atoms with Crippen LogP contribution in [0.3, 0.4) is 0 Å². The third-order valence-corrected chi connectivity index (χ3v) is 5.19. The zero-order valence-electron chi connectivity index (χ0n) is 16.8. The van der Waals surface area contributed by atoms with Gasteiger partial charge in [-0.05, 0) is 60.1 Å². The number of nitrogens with one attached hydrogen (secondary N) is 2. The molecule has 0 saturated carbocycles. The molecule has 0 unspecified atom stereocenters. The normalized spacial score (nSPS) is 11.5. The van der Waals surface area contributed by atoms with Gasteiger partial charge in [0.05, 0.1) is 11.7 Å². The highest BCUT2D eigenvalue weighted by Crippen LogP contribution is 2.26. The van der Waals surface area contributed by atoms with Gasteiger partial charge in [0.2, 0.25) is 0 Å². The number of halogens is 2. The average Bonchev–Trinajstić information content (AvgIpc) is 3.21. The Morgan fingerprint density at radius 3 is 2.63 bits per heavy atom. The van der Waals surface area contributed by atoms with Crippen molar-refractivity contribution in [3.8, 4) is 11.1 Å². The summed E-state index contributed by atoms with van der Waals surface area (Å²) in [7, 11) is 1.88. The third kappa shape index (κ3) is 4.72. The topological polar surface area (TPSA) is 44.0 Å². The minimum atomic E-state index is -0.260. The van der Waals surface area contributed by atoms with Gasteiger partial charge in [0.25, 0.3) is 0 Å². The molecule has 4 aromatic rings. The Morgan fingerprint density at radius 1 is 0.967 bits per heavy atom. The molecule has 0 aliphatic heterocycles. The van der Waals surface area contributed by atoms with E-state index in [9.17, 15) is 8.78 Å². The first-order chi connectivity index (χ1) is 14.6. The van der Waals surface area contributed by atoms with Gasteiger partial charge in [-0.15, -0.1) is 0 Å². The van der Waals surface area contributed by atoms with E-state index in [1.165, 1.54) is 18.2 Å². The maximum atomic E-state index is 14.7. The third-order valence-electron chi connectivity index (χ3n) is 5.19. The van der Waals surface area contributed by atoms with Crippen LogP contribution < -0.4 is 5.32 Å². The highest BCUT2D eigenvalue weighted by molar-refractivity contribution is 5.84. The van der Waals surface area contributed by atoms with E-state index in [4.69, 9.17) is 0 Å². The summed E-state index contributed by atoms with van der Waals surface area (Å²) in [4.78, 5) is 2.12. The number of hydrogen-bond donors (Lipinski definition) is 2. The van der Waals surface area contributed by atoms with E-state index in [0.717, 1.165) is 40.7 Å². The van der Waals surface area contributed by atoms with Crippen molar-refractivity contribution in [1.82, 2.24) is 20.4 Å². The fourth-order valence-electron chi connectivity index (χ4n) is 3.62.